The molecule has 3 rings (SSSR count). The zero-order valence-electron chi connectivity index (χ0n) is 16.2. The maximum atomic E-state index is 12.8. The molecule has 0 unspecified atom stereocenters. The third-order valence-electron chi connectivity index (χ3n) is 4.44. The van der Waals surface area contributed by atoms with Gasteiger partial charge in [0.2, 0.25) is 10.0 Å². The number of nitrogens with one attached hydrogen (secondary N) is 1. The first kappa shape index (κ1) is 20.8. The van der Waals surface area contributed by atoms with Crippen LogP contribution >= 0.6 is 23.1 Å². The normalized spacial score (nSPS) is 11.9. The number of aryl methyl sites for hydroxylation is 1. The average molecular weight is 436 g/mol. The summed E-state index contributed by atoms with van der Waals surface area (Å²) in [5.74, 6) is -0.354. The van der Waals surface area contributed by atoms with E-state index in [1.165, 1.54) is 20.2 Å². The van der Waals surface area contributed by atoms with E-state index in [0.29, 0.717) is 16.8 Å². The molecule has 0 aliphatic heterocycles. The van der Waals surface area contributed by atoms with Crippen LogP contribution in [-0.2, 0) is 10.0 Å². The molecule has 0 spiro atoms. The van der Waals surface area contributed by atoms with Crippen LogP contribution in [0.3, 0.4) is 0 Å². The van der Waals surface area contributed by atoms with Gasteiger partial charge in [-0.15, -0.1) is 11.3 Å². The minimum atomic E-state index is -3.64. The molecule has 0 aliphatic rings. The summed E-state index contributed by atoms with van der Waals surface area (Å²) in [5.41, 5.74) is 3.22. The van der Waals surface area contributed by atoms with Gasteiger partial charge in [-0.25, -0.2) is 17.7 Å². The van der Waals surface area contributed by atoms with Crippen molar-refractivity contribution in [2.45, 2.75) is 23.1 Å². The average Bonchev–Trinajstić information content (AvgIpc) is 3.05. The summed E-state index contributed by atoms with van der Waals surface area (Å²) in [5, 5.41) is 2.86. The van der Waals surface area contributed by atoms with Crippen molar-refractivity contribution >= 4 is 54.9 Å². The molecule has 1 amide bonds. The number of thioether (sulfide) groups is 1. The van der Waals surface area contributed by atoms with Crippen LogP contribution in [0.25, 0.3) is 10.2 Å². The monoisotopic (exact) mass is 435 g/mol. The molecule has 3 aromatic rings. The summed E-state index contributed by atoms with van der Waals surface area (Å²) in [7, 11) is -0.691. The van der Waals surface area contributed by atoms with Gasteiger partial charge in [-0.05, 0) is 61.6 Å². The van der Waals surface area contributed by atoms with Gasteiger partial charge in [0.25, 0.3) is 5.91 Å². The lowest BCUT2D eigenvalue weighted by molar-refractivity contribution is 0.102. The van der Waals surface area contributed by atoms with Crippen molar-refractivity contribution in [2.75, 3.05) is 25.7 Å². The van der Waals surface area contributed by atoms with E-state index >= 15 is 0 Å². The number of hydrogen-bond donors (Lipinski definition) is 1. The minimum absolute atomic E-state index is 0.144. The Labute approximate surface area is 173 Å². The Morgan fingerprint density at radius 2 is 1.89 bits per heavy atom. The van der Waals surface area contributed by atoms with Crippen molar-refractivity contribution in [2.24, 2.45) is 0 Å². The fraction of sp³-hybridized carbons (Fsp3) is 0.263. The van der Waals surface area contributed by atoms with Crippen LogP contribution in [0.15, 0.2) is 39.6 Å². The first-order valence-electron chi connectivity index (χ1n) is 8.43. The summed E-state index contributed by atoms with van der Waals surface area (Å²) >= 11 is 3.14. The van der Waals surface area contributed by atoms with Gasteiger partial charge < -0.3 is 5.32 Å². The molecule has 0 atom stereocenters. The van der Waals surface area contributed by atoms with Crippen molar-refractivity contribution < 1.29 is 13.2 Å². The Kier molecular flexibility index (Phi) is 5.81. The van der Waals surface area contributed by atoms with E-state index in [1.807, 2.05) is 18.4 Å². The SMILES string of the molecule is CSc1nc2ccc(NC(=O)c3cc(C)c(C)c(S(=O)(=O)N(C)C)c3)cc2s1. The number of carbonyl (C=O) groups is 1. The zero-order chi connectivity index (χ0) is 20.6. The van der Waals surface area contributed by atoms with Gasteiger partial charge in [0.1, 0.15) is 0 Å². The number of carbonyl (C=O) groups excluding carboxylic acids is 1. The standard InChI is InChI=1S/C19H21N3O3S3/c1-11-8-13(9-17(12(11)2)28(24,25)22(3)4)18(23)20-14-6-7-15-16(10-14)27-19(21-15)26-5/h6-10H,1-5H3,(H,20,23). The van der Waals surface area contributed by atoms with Gasteiger partial charge in [0, 0.05) is 25.3 Å². The van der Waals surface area contributed by atoms with E-state index in [1.54, 1.807) is 49.1 Å². The fourth-order valence-electron chi connectivity index (χ4n) is 2.69. The van der Waals surface area contributed by atoms with Gasteiger partial charge in [-0.3, -0.25) is 4.79 Å². The van der Waals surface area contributed by atoms with Crippen LogP contribution in [-0.4, -0.2) is 44.0 Å². The predicted octanol–water partition coefficient (Wildman–Crippen LogP) is 4.14. The molecule has 0 saturated carbocycles. The second kappa shape index (κ2) is 7.82. The number of amides is 1. The van der Waals surface area contributed by atoms with Crippen molar-refractivity contribution in [3.05, 3.63) is 47.0 Å². The molecule has 0 bridgehead atoms. The van der Waals surface area contributed by atoms with Crippen LogP contribution in [0.4, 0.5) is 5.69 Å². The van der Waals surface area contributed by atoms with Gasteiger partial charge in [0.05, 0.1) is 15.1 Å². The van der Waals surface area contributed by atoms with Gasteiger partial charge >= 0.3 is 0 Å². The molecule has 0 radical (unpaired) electrons. The third kappa shape index (κ3) is 3.93. The van der Waals surface area contributed by atoms with Crippen LogP contribution in [0.5, 0.6) is 0 Å². The molecule has 2 aromatic carbocycles. The molecule has 9 heteroatoms. The first-order chi connectivity index (χ1) is 13.1. The lowest BCUT2D eigenvalue weighted by atomic mass is 10.1. The molecule has 0 aliphatic carbocycles. The summed E-state index contributed by atoms with van der Waals surface area (Å²) in [6.45, 7) is 3.54. The predicted molar refractivity (Wildman–Crippen MR) is 116 cm³/mol. The molecule has 1 N–H and O–H groups in total. The highest BCUT2D eigenvalue weighted by molar-refractivity contribution is 8.00. The Hall–Kier alpha value is -1.94. The quantitative estimate of drug-likeness (QED) is 0.610. The number of rotatable bonds is 5. The van der Waals surface area contributed by atoms with Crippen molar-refractivity contribution in [1.82, 2.24) is 9.29 Å². The van der Waals surface area contributed by atoms with Gasteiger partial charge in [-0.1, -0.05) is 11.8 Å². The number of nitrogens with zero attached hydrogens (tertiary/aromatic N) is 2. The Balaban J connectivity index is 1.95. The van der Waals surface area contributed by atoms with Crippen LogP contribution in [0, 0.1) is 13.8 Å². The number of sulfonamides is 1. The second-order valence-corrected chi connectivity index (χ2v) is 10.7. The van der Waals surface area contributed by atoms with Crippen LogP contribution in [0.1, 0.15) is 21.5 Å². The Bertz CT molecular complexity index is 1170. The zero-order valence-corrected chi connectivity index (χ0v) is 18.7. The fourth-order valence-corrected chi connectivity index (χ4v) is 5.44. The molecular weight excluding hydrogens is 414 g/mol. The second-order valence-electron chi connectivity index (χ2n) is 6.52. The minimum Gasteiger partial charge on any atom is -0.322 e. The molecule has 1 aromatic heterocycles. The van der Waals surface area contributed by atoms with Crippen molar-refractivity contribution in [3.8, 4) is 0 Å². The highest BCUT2D eigenvalue weighted by Crippen LogP contribution is 2.30. The third-order valence-corrected chi connectivity index (χ3v) is 8.39. The summed E-state index contributed by atoms with van der Waals surface area (Å²) in [4.78, 5) is 17.4. The van der Waals surface area contributed by atoms with E-state index in [-0.39, 0.29) is 10.8 Å². The molecule has 6 nitrogen and oxygen atoms in total. The molecule has 148 valence electrons. The van der Waals surface area contributed by atoms with Crippen molar-refractivity contribution in [1.29, 1.82) is 0 Å². The van der Waals surface area contributed by atoms with E-state index in [4.69, 9.17) is 0 Å². The van der Waals surface area contributed by atoms with Crippen molar-refractivity contribution in [3.63, 3.8) is 0 Å². The van der Waals surface area contributed by atoms with Gasteiger partial charge in [0.15, 0.2) is 4.34 Å². The first-order valence-corrected chi connectivity index (χ1v) is 11.9. The number of benzene rings is 2. The summed E-state index contributed by atoms with van der Waals surface area (Å²) in [6, 6.07) is 8.68. The smallest absolute Gasteiger partial charge is 0.255 e. The number of thiazole rings is 1. The molecule has 0 fully saturated rings. The lowest BCUT2D eigenvalue weighted by Gasteiger charge is -2.16. The van der Waals surface area contributed by atoms with Crippen LogP contribution in [0.2, 0.25) is 0 Å². The summed E-state index contributed by atoms with van der Waals surface area (Å²) in [6.07, 6.45) is 1.97. The Morgan fingerprint density at radius 3 is 2.54 bits per heavy atom. The van der Waals surface area contributed by atoms with E-state index in [2.05, 4.69) is 10.3 Å². The maximum absolute atomic E-state index is 12.8. The summed E-state index contributed by atoms with van der Waals surface area (Å²) < 4.78 is 28.3. The topological polar surface area (TPSA) is 79.4 Å². The molecule has 28 heavy (non-hydrogen) atoms. The largest absolute Gasteiger partial charge is 0.322 e. The number of hydrogen-bond acceptors (Lipinski definition) is 6. The highest BCUT2D eigenvalue weighted by atomic mass is 32.2. The van der Waals surface area contributed by atoms with E-state index in [0.717, 1.165) is 24.4 Å². The molecular formula is C19H21N3O3S3. The number of aromatic nitrogens is 1. The molecule has 0 saturated heterocycles. The van der Waals surface area contributed by atoms with Crippen LogP contribution < -0.4 is 5.32 Å². The lowest BCUT2D eigenvalue weighted by Crippen LogP contribution is -2.24. The Morgan fingerprint density at radius 1 is 1.18 bits per heavy atom. The number of anilines is 1. The molecule has 1 heterocycles. The highest BCUT2D eigenvalue weighted by Gasteiger charge is 2.23. The van der Waals surface area contributed by atoms with E-state index in [9.17, 15) is 13.2 Å². The van der Waals surface area contributed by atoms with E-state index < -0.39 is 10.0 Å². The van der Waals surface area contributed by atoms with Gasteiger partial charge in [-0.2, -0.15) is 0 Å². The maximum Gasteiger partial charge on any atom is 0.255 e. The number of fused-ring (bicyclic) bond motifs is 1.